The average molecular weight is 236 g/mol. The molecule has 0 unspecified atom stereocenters. The minimum atomic E-state index is -2.75. The summed E-state index contributed by atoms with van der Waals surface area (Å²) in [7, 11) is 1.22. The molecule has 6 heteroatoms. The molecule has 0 saturated heterocycles. The Bertz CT molecular complexity index is 396. The molecule has 3 nitrogen and oxygen atoms in total. The standard InChI is InChI=1S/C9H8ClF2NO2/c1-4-5(8(10)14)3-6(15-2)7(13-4)9(11)12/h3,9H,1-2H3. The molecule has 0 saturated carbocycles. The third-order valence-electron chi connectivity index (χ3n) is 1.84. The Balaban J connectivity index is 3.35. The zero-order valence-corrected chi connectivity index (χ0v) is 8.81. The topological polar surface area (TPSA) is 39.2 Å². The zero-order valence-electron chi connectivity index (χ0n) is 8.05. The summed E-state index contributed by atoms with van der Waals surface area (Å²) in [6.45, 7) is 1.43. The van der Waals surface area contributed by atoms with Gasteiger partial charge in [-0.1, -0.05) is 0 Å². The van der Waals surface area contributed by atoms with Crippen LogP contribution < -0.4 is 4.74 Å². The number of aromatic nitrogens is 1. The second-order valence-electron chi connectivity index (χ2n) is 2.78. The predicted octanol–water partition coefficient (Wildman–Crippen LogP) is 2.72. The first-order valence-electron chi connectivity index (χ1n) is 4.01. The summed E-state index contributed by atoms with van der Waals surface area (Å²) in [6, 6.07) is 1.17. The van der Waals surface area contributed by atoms with E-state index in [1.807, 2.05) is 0 Å². The van der Waals surface area contributed by atoms with E-state index < -0.39 is 17.4 Å². The van der Waals surface area contributed by atoms with Crippen LogP contribution in [0.3, 0.4) is 0 Å². The van der Waals surface area contributed by atoms with Gasteiger partial charge in [0.2, 0.25) is 0 Å². The van der Waals surface area contributed by atoms with Gasteiger partial charge in [-0.15, -0.1) is 0 Å². The van der Waals surface area contributed by atoms with E-state index in [1.54, 1.807) is 0 Å². The first-order valence-corrected chi connectivity index (χ1v) is 4.38. The zero-order chi connectivity index (χ0) is 11.6. The maximum Gasteiger partial charge on any atom is 0.284 e. The summed E-state index contributed by atoms with van der Waals surface area (Å²) < 4.78 is 29.6. The Labute approximate surface area is 90.0 Å². The monoisotopic (exact) mass is 235 g/mol. The van der Waals surface area contributed by atoms with E-state index in [2.05, 4.69) is 4.98 Å². The fourth-order valence-corrected chi connectivity index (χ4v) is 1.32. The number of hydrogen-bond donors (Lipinski definition) is 0. The number of methoxy groups -OCH3 is 1. The van der Waals surface area contributed by atoms with Crippen molar-refractivity contribution in [3.8, 4) is 5.75 Å². The Morgan fingerprint density at radius 2 is 2.20 bits per heavy atom. The van der Waals surface area contributed by atoms with Crippen molar-refractivity contribution in [3.63, 3.8) is 0 Å². The van der Waals surface area contributed by atoms with Gasteiger partial charge in [-0.3, -0.25) is 4.79 Å². The number of alkyl halides is 2. The van der Waals surface area contributed by atoms with Gasteiger partial charge in [0.05, 0.1) is 18.4 Å². The normalized spacial score (nSPS) is 10.5. The fraction of sp³-hybridized carbons (Fsp3) is 0.333. The number of hydrogen-bond acceptors (Lipinski definition) is 3. The van der Waals surface area contributed by atoms with Crippen LogP contribution in [0, 0.1) is 6.92 Å². The number of pyridine rings is 1. The fourth-order valence-electron chi connectivity index (χ4n) is 1.12. The summed E-state index contributed by atoms with van der Waals surface area (Å²) >= 11 is 5.25. The lowest BCUT2D eigenvalue weighted by molar-refractivity contribution is 0.107. The highest BCUT2D eigenvalue weighted by Crippen LogP contribution is 2.29. The summed E-state index contributed by atoms with van der Waals surface area (Å²) in [5.41, 5.74) is -0.263. The van der Waals surface area contributed by atoms with Gasteiger partial charge in [-0.25, -0.2) is 13.8 Å². The van der Waals surface area contributed by atoms with Crippen molar-refractivity contribution >= 4 is 16.8 Å². The van der Waals surface area contributed by atoms with Crippen molar-refractivity contribution in [1.82, 2.24) is 4.98 Å². The maximum absolute atomic E-state index is 12.5. The number of nitrogens with zero attached hydrogens (tertiary/aromatic N) is 1. The van der Waals surface area contributed by atoms with Crippen molar-refractivity contribution in [2.24, 2.45) is 0 Å². The molecular weight excluding hydrogens is 228 g/mol. The van der Waals surface area contributed by atoms with Crippen LogP contribution in [0.4, 0.5) is 8.78 Å². The molecule has 0 atom stereocenters. The van der Waals surface area contributed by atoms with Gasteiger partial charge in [0.25, 0.3) is 11.7 Å². The molecule has 0 aromatic carbocycles. The third kappa shape index (κ3) is 2.41. The number of rotatable bonds is 3. The van der Waals surface area contributed by atoms with E-state index in [0.29, 0.717) is 0 Å². The van der Waals surface area contributed by atoms with Crippen molar-refractivity contribution in [1.29, 1.82) is 0 Å². The van der Waals surface area contributed by atoms with Gasteiger partial charge >= 0.3 is 0 Å². The molecule has 0 aliphatic rings. The van der Waals surface area contributed by atoms with Crippen molar-refractivity contribution in [2.75, 3.05) is 7.11 Å². The predicted molar refractivity (Wildman–Crippen MR) is 50.7 cm³/mol. The third-order valence-corrected chi connectivity index (χ3v) is 2.05. The number of halogens is 3. The maximum atomic E-state index is 12.5. The van der Waals surface area contributed by atoms with Crippen LogP contribution in [0.2, 0.25) is 0 Å². The van der Waals surface area contributed by atoms with Gasteiger partial charge < -0.3 is 4.74 Å². The van der Waals surface area contributed by atoms with Crippen LogP contribution in [0.1, 0.15) is 28.2 Å². The van der Waals surface area contributed by atoms with Gasteiger partial charge in [0.1, 0.15) is 11.4 Å². The van der Waals surface area contributed by atoms with Crippen LogP contribution in [0.25, 0.3) is 0 Å². The van der Waals surface area contributed by atoms with Gasteiger partial charge in [-0.05, 0) is 24.6 Å². The Morgan fingerprint density at radius 1 is 1.60 bits per heavy atom. The van der Waals surface area contributed by atoms with Crippen LogP contribution in [0.5, 0.6) is 5.75 Å². The highest BCUT2D eigenvalue weighted by atomic mass is 35.5. The number of carbonyl (C=O) groups is 1. The molecule has 0 bridgehead atoms. The van der Waals surface area contributed by atoms with Crippen LogP contribution in [-0.2, 0) is 0 Å². The molecule has 1 aromatic heterocycles. The van der Waals surface area contributed by atoms with Crippen LogP contribution in [0.15, 0.2) is 6.07 Å². The smallest absolute Gasteiger partial charge is 0.284 e. The molecule has 0 radical (unpaired) electrons. The summed E-state index contributed by atoms with van der Waals surface area (Å²) in [5.74, 6) is -0.139. The molecule has 1 heterocycles. The minimum absolute atomic E-state index is 0.0675. The highest BCUT2D eigenvalue weighted by molar-refractivity contribution is 6.67. The van der Waals surface area contributed by atoms with E-state index in [0.717, 1.165) is 0 Å². The summed E-state index contributed by atoms with van der Waals surface area (Å²) in [5, 5.41) is -0.751. The van der Waals surface area contributed by atoms with Crippen molar-refractivity contribution in [3.05, 3.63) is 23.0 Å². The van der Waals surface area contributed by atoms with Gasteiger partial charge in [0, 0.05) is 0 Å². The Kier molecular flexibility index (Phi) is 3.57. The Hall–Kier alpha value is -1.23. The second kappa shape index (κ2) is 4.53. The number of ether oxygens (including phenoxy) is 1. The van der Waals surface area contributed by atoms with E-state index in [1.165, 1.54) is 20.1 Å². The van der Waals surface area contributed by atoms with Crippen molar-refractivity contribution < 1.29 is 18.3 Å². The summed E-state index contributed by atoms with van der Waals surface area (Å²) in [6.07, 6.45) is -2.75. The minimum Gasteiger partial charge on any atom is -0.495 e. The van der Waals surface area contributed by atoms with E-state index in [9.17, 15) is 13.6 Å². The van der Waals surface area contributed by atoms with Crippen LogP contribution >= 0.6 is 11.6 Å². The molecule has 0 fully saturated rings. The quantitative estimate of drug-likeness (QED) is 0.756. The molecule has 15 heavy (non-hydrogen) atoms. The van der Waals surface area contributed by atoms with Gasteiger partial charge in [0.15, 0.2) is 0 Å². The largest absolute Gasteiger partial charge is 0.495 e. The second-order valence-corrected chi connectivity index (χ2v) is 3.13. The number of carbonyl (C=O) groups excluding carboxylic acids is 1. The van der Waals surface area contributed by atoms with E-state index in [-0.39, 0.29) is 17.0 Å². The SMILES string of the molecule is COc1cc(C(=O)Cl)c(C)nc1C(F)F. The van der Waals surface area contributed by atoms with Gasteiger partial charge in [-0.2, -0.15) is 0 Å². The lowest BCUT2D eigenvalue weighted by Crippen LogP contribution is -2.04. The lowest BCUT2D eigenvalue weighted by atomic mass is 10.2. The highest BCUT2D eigenvalue weighted by Gasteiger charge is 2.19. The number of aryl methyl sites for hydroxylation is 1. The van der Waals surface area contributed by atoms with Crippen LogP contribution in [-0.4, -0.2) is 17.3 Å². The Morgan fingerprint density at radius 3 is 2.60 bits per heavy atom. The molecule has 0 amide bonds. The first-order chi connectivity index (χ1) is 6.97. The molecule has 0 spiro atoms. The average Bonchev–Trinajstić information content (AvgIpc) is 2.16. The lowest BCUT2D eigenvalue weighted by Gasteiger charge is -2.09. The first kappa shape index (κ1) is 11.8. The summed E-state index contributed by atoms with van der Waals surface area (Å²) in [4.78, 5) is 14.5. The van der Waals surface area contributed by atoms with E-state index in [4.69, 9.17) is 16.3 Å². The molecule has 0 aliphatic heterocycles. The molecule has 0 aliphatic carbocycles. The molecule has 1 aromatic rings. The molecule has 1 rings (SSSR count). The molecule has 0 N–H and O–H groups in total. The van der Waals surface area contributed by atoms with Crippen molar-refractivity contribution in [2.45, 2.75) is 13.3 Å². The molecule has 82 valence electrons. The molecular formula is C9H8ClF2NO2. The van der Waals surface area contributed by atoms with E-state index >= 15 is 0 Å².